The zero-order chi connectivity index (χ0) is 15.2. The molecule has 0 bridgehead atoms. The Labute approximate surface area is 128 Å². The molecule has 21 heavy (non-hydrogen) atoms. The number of halogens is 1. The Bertz CT molecular complexity index is 615. The summed E-state index contributed by atoms with van der Waals surface area (Å²) in [5, 5.41) is 9.91. The van der Waals surface area contributed by atoms with Gasteiger partial charge in [0.05, 0.1) is 23.5 Å². The number of hydrogen-bond donors (Lipinski definition) is 2. The van der Waals surface area contributed by atoms with Gasteiger partial charge in [-0.05, 0) is 19.1 Å². The van der Waals surface area contributed by atoms with E-state index in [1.165, 1.54) is 0 Å². The van der Waals surface area contributed by atoms with Crippen molar-refractivity contribution in [3.63, 3.8) is 0 Å². The number of benzene rings is 1. The summed E-state index contributed by atoms with van der Waals surface area (Å²) in [4.78, 5) is 11.7. The minimum Gasteiger partial charge on any atom is -0.487 e. The van der Waals surface area contributed by atoms with Crippen molar-refractivity contribution >= 4 is 23.3 Å². The molecule has 0 spiro atoms. The molecule has 2 amide bonds. The predicted molar refractivity (Wildman–Crippen MR) is 81.8 cm³/mol. The first kappa shape index (κ1) is 15.2. The fraction of sp³-hybridized carbons (Fsp3) is 0.286. The molecular formula is C14H17ClN4O2. The van der Waals surface area contributed by atoms with Crippen molar-refractivity contribution in [1.82, 2.24) is 15.1 Å². The number of hydrogen-bond acceptors (Lipinski definition) is 3. The number of para-hydroxylation sites is 1. The van der Waals surface area contributed by atoms with Gasteiger partial charge in [-0.1, -0.05) is 23.7 Å². The molecule has 112 valence electrons. The van der Waals surface area contributed by atoms with E-state index in [0.717, 1.165) is 0 Å². The number of nitrogens with zero attached hydrogens (tertiary/aromatic N) is 2. The molecule has 2 N–H and O–H groups in total. The molecule has 0 aliphatic carbocycles. The molecule has 6 nitrogen and oxygen atoms in total. The van der Waals surface area contributed by atoms with Gasteiger partial charge in [0.2, 0.25) is 0 Å². The van der Waals surface area contributed by atoms with Crippen LogP contribution < -0.4 is 15.4 Å². The summed E-state index contributed by atoms with van der Waals surface area (Å²) in [6.45, 7) is 2.21. The van der Waals surface area contributed by atoms with Gasteiger partial charge in [-0.3, -0.25) is 4.68 Å². The van der Waals surface area contributed by atoms with Gasteiger partial charge in [-0.15, -0.1) is 0 Å². The highest BCUT2D eigenvalue weighted by molar-refractivity contribution is 6.32. The van der Waals surface area contributed by atoms with Gasteiger partial charge in [0.1, 0.15) is 11.9 Å². The van der Waals surface area contributed by atoms with Crippen molar-refractivity contribution in [2.75, 3.05) is 11.9 Å². The predicted octanol–water partition coefficient (Wildman–Crippen LogP) is 2.66. The Morgan fingerprint density at radius 1 is 1.48 bits per heavy atom. The van der Waals surface area contributed by atoms with Gasteiger partial charge >= 0.3 is 6.03 Å². The molecule has 0 saturated carbocycles. The highest BCUT2D eigenvalue weighted by Crippen LogP contribution is 2.23. The molecule has 0 radical (unpaired) electrons. The van der Waals surface area contributed by atoms with Crippen molar-refractivity contribution < 1.29 is 9.53 Å². The summed E-state index contributed by atoms with van der Waals surface area (Å²) in [5.41, 5.74) is 0.634. The van der Waals surface area contributed by atoms with Crippen LogP contribution in [-0.2, 0) is 7.05 Å². The van der Waals surface area contributed by atoms with Crippen molar-refractivity contribution in [3.8, 4) is 5.75 Å². The Balaban J connectivity index is 1.77. The Morgan fingerprint density at radius 2 is 2.24 bits per heavy atom. The third kappa shape index (κ3) is 4.68. The highest BCUT2D eigenvalue weighted by atomic mass is 35.5. The van der Waals surface area contributed by atoms with Crippen LogP contribution in [0.25, 0.3) is 0 Å². The molecule has 2 aromatic rings. The Morgan fingerprint density at radius 3 is 2.90 bits per heavy atom. The van der Waals surface area contributed by atoms with E-state index in [0.29, 0.717) is 23.0 Å². The van der Waals surface area contributed by atoms with Crippen molar-refractivity contribution in [2.24, 2.45) is 7.05 Å². The molecule has 1 aromatic carbocycles. The molecule has 0 aliphatic heterocycles. The van der Waals surface area contributed by atoms with Crippen LogP contribution >= 0.6 is 11.6 Å². The molecular weight excluding hydrogens is 292 g/mol. The maximum absolute atomic E-state index is 11.7. The van der Waals surface area contributed by atoms with Crippen LogP contribution in [0.1, 0.15) is 6.92 Å². The number of urea groups is 1. The van der Waals surface area contributed by atoms with E-state index in [2.05, 4.69) is 15.7 Å². The van der Waals surface area contributed by atoms with Gasteiger partial charge in [0, 0.05) is 13.2 Å². The van der Waals surface area contributed by atoms with E-state index in [9.17, 15) is 4.79 Å². The van der Waals surface area contributed by atoms with E-state index in [1.807, 2.05) is 19.1 Å². The van der Waals surface area contributed by atoms with Gasteiger partial charge in [-0.2, -0.15) is 5.10 Å². The van der Waals surface area contributed by atoms with Crippen LogP contribution in [0.3, 0.4) is 0 Å². The monoisotopic (exact) mass is 308 g/mol. The minimum atomic E-state index is -0.308. The number of anilines is 1. The lowest BCUT2D eigenvalue weighted by molar-refractivity contribution is 0.212. The zero-order valence-corrected chi connectivity index (χ0v) is 12.6. The van der Waals surface area contributed by atoms with Crippen LogP contribution in [0.15, 0.2) is 36.7 Å². The third-order valence-corrected chi connectivity index (χ3v) is 2.99. The first-order chi connectivity index (χ1) is 10.0. The number of ether oxygens (including phenoxy) is 1. The lowest BCUT2D eigenvalue weighted by atomic mass is 10.3. The number of nitrogens with one attached hydrogen (secondary N) is 2. The quantitative estimate of drug-likeness (QED) is 0.892. The van der Waals surface area contributed by atoms with E-state index < -0.39 is 0 Å². The van der Waals surface area contributed by atoms with Crippen LogP contribution in [0.5, 0.6) is 5.75 Å². The molecule has 1 aromatic heterocycles. The summed E-state index contributed by atoms with van der Waals surface area (Å²) in [7, 11) is 1.78. The fourth-order valence-electron chi connectivity index (χ4n) is 1.70. The van der Waals surface area contributed by atoms with Gasteiger partial charge in [0.15, 0.2) is 0 Å². The van der Waals surface area contributed by atoms with Gasteiger partial charge in [0.25, 0.3) is 0 Å². The summed E-state index contributed by atoms with van der Waals surface area (Å²) in [6.07, 6.45) is 3.08. The molecule has 1 atom stereocenters. The zero-order valence-electron chi connectivity index (χ0n) is 11.8. The number of carbonyl (C=O) groups is 1. The maximum atomic E-state index is 11.7. The average molecular weight is 309 g/mol. The molecule has 1 heterocycles. The second kappa shape index (κ2) is 6.99. The molecule has 7 heteroatoms. The first-order valence-electron chi connectivity index (χ1n) is 6.49. The Hall–Kier alpha value is -2.21. The average Bonchev–Trinajstić information content (AvgIpc) is 2.84. The van der Waals surface area contributed by atoms with Gasteiger partial charge in [-0.25, -0.2) is 4.79 Å². The number of aryl methyl sites for hydroxylation is 1. The Kier molecular flexibility index (Phi) is 5.05. The molecule has 2 rings (SSSR count). The second-order valence-corrected chi connectivity index (χ2v) is 5.00. The van der Waals surface area contributed by atoms with E-state index >= 15 is 0 Å². The third-order valence-electron chi connectivity index (χ3n) is 2.68. The second-order valence-electron chi connectivity index (χ2n) is 4.60. The van der Waals surface area contributed by atoms with Crippen LogP contribution in [0, 0.1) is 0 Å². The van der Waals surface area contributed by atoms with Crippen LogP contribution in [0.2, 0.25) is 5.02 Å². The summed E-state index contributed by atoms with van der Waals surface area (Å²) < 4.78 is 7.27. The van der Waals surface area contributed by atoms with Crippen molar-refractivity contribution in [1.29, 1.82) is 0 Å². The fourth-order valence-corrected chi connectivity index (χ4v) is 1.88. The summed E-state index contributed by atoms with van der Waals surface area (Å²) >= 11 is 6.01. The van der Waals surface area contributed by atoms with Crippen molar-refractivity contribution in [3.05, 3.63) is 41.7 Å². The van der Waals surface area contributed by atoms with Gasteiger partial charge < -0.3 is 15.4 Å². The van der Waals surface area contributed by atoms with E-state index in [1.54, 1.807) is 36.3 Å². The van der Waals surface area contributed by atoms with Crippen molar-refractivity contribution in [2.45, 2.75) is 13.0 Å². The normalized spacial score (nSPS) is 11.8. The number of aromatic nitrogens is 2. The SMILES string of the molecule is C[C@@H](CNC(=O)Nc1cnn(C)c1)Oc1ccccc1Cl. The standard InChI is InChI=1S/C14H17ClN4O2/c1-10(21-13-6-4-3-5-12(13)15)7-16-14(20)18-11-8-17-19(2)9-11/h3-6,8-10H,7H2,1-2H3,(H2,16,18,20)/t10-/m0/s1. The summed E-state index contributed by atoms with van der Waals surface area (Å²) in [5.74, 6) is 0.598. The van der Waals surface area contributed by atoms with Crippen LogP contribution in [0.4, 0.5) is 10.5 Å². The van der Waals surface area contributed by atoms with E-state index in [4.69, 9.17) is 16.3 Å². The van der Waals surface area contributed by atoms with E-state index in [-0.39, 0.29) is 12.1 Å². The topological polar surface area (TPSA) is 68.2 Å². The largest absolute Gasteiger partial charge is 0.487 e. The maximum Gasteiger partial charge on any atom is 0.319 e. The number of carbonyl (C=O) groups excluding carboxylic acids is 1. The highest BCUT2D eigenvalue weighted by Gasteiger charge is 2.09. The molecule has 0 fully saturated rings. The number of amides is 2. The summed E-state index contributed by atoms with van der Waals surface area (Å²) in [6, 6.07) is 6.91. The lowest BCUT2D eigenvalue weighted by Gasteiger charge is -2.16. The molecule has 0 aliphatic rings. The molecule has 0 saturated heterocycles. The smallest absolute Gasteiger partial charge is 0.319 e. The van der Waals surface area contributed by atoms with Crippen LogP contribution in [-0.4, -0.2) is 28.5 Å². The minimum absolute atomic E-state index is 0.204. The number of rotatable bonds is 5. The molecule has 0 unspecified atom stereocenters. The lowest BCUT2D eigenvalue weighted by Crippen LogP contribution is -2.36. The first-order valence-corrected chi connectivity index (χ1v) is 6.87.